The lowest BCUT2D eigenvalue weighted by molar-refractivity contribution is -0.123. The van der Waals surface area contributed by atoms with Crippen LogP contribution in [0.2, 0.25) is 0 Å². The molecule has 160 valence electrons. The maximum absolute atomic E-state index is 12.3. The Labute approximate surface area is 175 Å². The number of carbonyl (C=O) groups excluding carboxylic acids is 3. The van der Waals surface area contributed by atoms with E-state index in [0.29, 0.717) is 17.1 Å². The van der Waals surface area contributed by atoms with Crippen LogP contribution in [0.25, 0.3) is 0 Å². The minimum atomic E-state index is -1.00. The molecule has 0 aliphatic heterocycles. The Morgan fingerprint density at radius 3 is 1.93 bits per heavy atom. The zero-order valence-corrected chi connectivity index (χ0v) is 17.6. The molecule has 2 amide bonds. The van der Waals surface area contributed by atoms with Gasteiger partial charge in [0.15, 0.2) is 6.10 Å². The molecule has 2 aromatic rings. The van der Waals surface area contributed by atoms with Gasteiger partial charge in [-0.25, -0.2) is 9.59 Å². The molecule has 0 heterocycles. The van der Waals surface area contributed by atoms with E-state index in [0.717, 1.165) is 0 Å². The number of ether oxygens (including phenoxy) is 3. The quantitative estimate of drug-likeness (QED) is 0.686. The van der Waals surface area contributed by atoms with Crippen molar-refractivity contribution in [3.8, 4) is 5.75 Å². The molecule has 0 saturated heterocycles. The number of hydrogen-bond acceptors (Lipinski definition) is 6. The molecule has 2 aromatic carbocycles. The highest BCUT2D eigenvalue weighted by Gasteiger charge is 2.20. The van der Waals surface area contributed by atoms with Crippen LogP contribution in [0, 0.1) is 0 Å². The third kappa shape index (κ3) is 7.12. The predicted molar refractivity (Wildman–Crippen MR) is 113 cm³/mol. The maximum atomic E-state index is 12.3. The van der Waals surface area contributed by atoms with Gasteiger partial charge in [0.2, 0.25) is 0 Å². The summed E-state index contributed by atoms with van der Waals surface area (Å²) in [5.74, 6) is -0.454. The summed E-state index contributed by atoms with van der Waals surface area (Å²) in [5, 5.41) is 5.24. The van der Waals surface area contributed by atoms with Crippen molar-refractivity contribution in [2.45, 2.75) is 39.4 Å². The molecular weight excluding hydrogens is 388 g/mol. The minimum absolute atomic E-state index is 0.244. The standard InChI is InChI=1S/C22H26N2O6/c1-14(19(25)23-16-10-12-18(28-5)13-11-16)29-20(26)15-6-8-17(9-7-15)24-21(27)30-22(2,3)4/h6-14H,1-5H3,(H,23,25)(H,24,27)/t14-/m0/s1. The molecule has 0 aliphatic rings. The van der Waals surface area contributed by atoms with Crippen molar-refractivity contribution in [2.24, 2.45) is 0 Å². The van der Waals surface area contributed by atoms with Gasteiger partial charge in [0.1, 0.15) is 11.4 Å². The molecule has 0 fully saturated rings. The third-order valence-electron chi connectivity index (χ3n) is 3.78. The summed E-state index contributed by atoms with van der Waals surface area (Å²) in [6.45, 7) is 6.77. The number of benzene rings is 2. The van der Waals surface area contributed by atoms with Crippen LogP contribution in [0.1, 0.15) is 38.1 Å². The zero-order valence-electron chi connectivity index (χ0n) is 17.6. The van der Waals surface area contributed by atoms with Crippen molar-refractivity contribution in [1.29, 1.82) is 0 Å². The first-order valence-corrected chi connectivity index (χ1v) is 9.33. The summed E-state index contributed by atoms with van der Waals surface area (Å²) in [6.07, 6.45) is -1.60. The molecular formula is C22H26N2O6. The Bertz CT molecular complexity index is 885. The fourth-order valence-electron chi connectivity index (χ4n) is 2.31. The van der Waals surface area contributed by atoms with E-state index >= 15 is 0 Å². The number of hydrogen-bond donors (Lipinski definition) is 2. The largest absolute Gasteiger partial charge is 0.497 e. The number of amides is 2. The van der Waals surface area contributed by atoms with Crippen LogP contribution in [-0.4, -0.2) is 36.8 Å². The lowest BCUT2D eigenvalue weighted by atomic mass is 10.2. The second-order valence-electron chi connectivity index (χ2n) is 7.47. The second kappa shape index (κ2) is 9.78. The van der Waals surface area contributed by atoms with Crippen molar-refractivity contribution in [3.05, 3.63) is 54.1 Å². The smallest absolute Gasteiger partial charge is 0.412 e. The Morgan fingerprint density at radius 1 is 0.867 bits per heavy atom. The number of carbonyl (C=O) groups is 3. The molecule has 0 aliphatic carbocycles. The summed E-state index contributed by atoms with van der Waals surface area (Å²) in [5.41, 5.74) is 0.650. The topological polar surface area (TPSA) is 103 Å². The van der Waals surface area contributed by atoms with Crippen molar-refractivity contribution in [3.63, 3.8) is 0 Å². The van der Waals surface area contributed by atoms with Gasteiger partial charge in [-0.15, -0.1) is 0 Å². The first-order valence-electron chi connectivity index (χ1n) is 9.33. The number of nitrogens with one attached hydrogen (secondary N) is 2. The van der Waals surface area contributed by atoms with E-state index in [1.165, 1.54) is 19.1 Å². The fourth-order valence-corrected chi connectivity index (χ4v) is 2.31. The molecule has 1 atom stereocenters. The summed E-state index contributed by atoms with van der Waals surface area (Å²) in [6, 6.07) is 12.8. The van der Waals surface area contributed by atoms with Gasteiger partial charge < -0.3 is 19.5 Å². The van der Waals surface area contributed by atoms with Gasteiger partial charge in [0, 0.05) is 11.4 Å². The van der Waals surface area contributed by atoms with E-state index in [4.69, 9.17) is 14.2 Å². The van der Waals surface area contributed by atoms with Gasteiger partial charge in [-0.3, -0.25) is 10.1 Å². The lowest BCUT2D eigenvalue weighted by Crippen LogP contribution is -2.30. The third-order valence-corrected chi connectivity index (χ3v) is 3.78. The van der Waals surface area contributed by atoms with E-state index in [1.807, 2.05) is 0 Å². The van der Waals surface area contributed by atoms with Crippen molar-refractivity contribution in [2.75, 3.05) is 17.7 Å². The lowest BCUT2D eigenvalue weighted by Gasteiger charge is -2.19. The molecule has 30 heavy (non-hydrogen) atoms. The van der Waals surface area contributed by atoms with Crippen LogP contribution in [0.15, 0.2) is 48.5 Å². The van der Waals surface area contributed by atoms with Crippen LogP contribution >= 0.6 is 0 Å². The highest BCUT2D eigenvalue weighted by atomic mass is 16.6. The van der Waals surface area contributed by atoms with Gasteiger partial charge in [0.25, 0.3) is 5.91 Å². The van der Waals surface area contributed by atoms with E-state index in [2.05, 4.69) is 10.6 Å². The summed E-state index contributed by atoms with van der Waals surface area (Å²) in [7, 11) is 1.55. The highest BCUT2D eigenvalue weighted by molar-refractivity contribution is 5.97. The van der Waals surface area contributed by atoms with Crippen molar-refractivity contribution >= 4 is 29.3 Å². The molecule has 2 rings (SSSR count). The molecule has 0 bridgehead atoms. The predicted octanol–water partition coefficient (Wildman–Crippen LogP) is 4.23. The van der Waals surface area contributed by atoms with E-state index in [-0.39, 0.29) is 5.56 Å². The number of anilines is 2. The van der Waals surface area contributed by atoms with Gasteiger partial charge >= 0.3 is 12.1 Å². The molecule has 0 saturated carbocycles. The molecule has 0 spiro atoms. The van der Waals surface area contributed by atoms with Crippen LogP contribution in [0.5, 0.6) is 5.75 Å². The normalized spacial score (nSPS) is 11.8. The number of methoxy groups -OCH3 is 1. The summed E-state index contributed by atoms with van der Waals surface area (Å²) >= 11 is 0. The van der Waals surface area contributed by atoms with Gasteiger partial charge in [0.05, 0.1) is 12.7 Å². The monoisotopic (exact) mass is 414 g/mol. The van der Waals surface area contributed by atoms with Crippen LogP contribution in [0.3, 0.4) is 0 Å². The van der Waals surface area contributed by atoms with E-state index in [1.54, 1.807) is 64.3 Å². The molecule has 8 nitrogen and oxygen atoms in total. The van der Waals surface area contributed by atoms with Crippen molar-refractivity contribution < 1.29 is 28.6 Å². The van der Waals surface area contributed by atoms with E-state index in [9.17, 15) is 14.4 Å². The highest BCUT2D eigenvalue weighted by Crippen LogP contribution is 2.16. The molecule has 2 N–H and O–H groups in total. The molecule has 0 aromatic heterocycles. The van der Waals surface area contributed by atoms with Crippen LogP contribution in [-0.2, 0) is 14.3 Å². The van der Waals surface area contributed by atoms with Gasteiger partial charge in [-0.05, 0) is 76.2 Å². The Hall–Kier alpha value is -3.55. The summed E-state index contributed by atoms with van der Waals surface area (Å²) in [4.78, 5) is 36.3. The average Bonchev–Trinajstić information content (AvgIpc) is 2.67. The second-order valence-corrected chi connectivity index (χ2v) is 7.47. The first kappa shape index (κ1) is 22.7. The van der Waals surface area contributed by atoms with Crippen LogP contribution < -0.4 is 15.4 Å². The number of rotatable bonds is 6. The maximum Gasteiger partial charge on any atom is 0.412 e. The number of esters is 1. The molecule has 8 heteroatoms. The SMILES string of the molecule is COc1ccc(NC(=O)[C@H](C)OC(=O)c2ccc(NC(=O)OC(C)(C)C)cc2)cc1. The van der Waals surface area contributed by atoms with Crippen LogP contribution in [0.4, 0.5) is 16.2 Å². The van der Waals surface area contributed by atoms with Gasteiger partial charge in [-0.2, -0.15) is 0 Å². The summed E-state index contributed by atoms with van der Waals surface area (Å²) < 4.78 is 15.4. The molecule has 0 radical (unpaired) electrons. The fraction of sp³-hybridized carbons (Fsp3) is 0.318. The first-order chi connectivity index (χ1) is 14.1. The van der Waals surface area contributed by atoms with Crippen molar-refractivity contribution in [1.82, 2.24) is 0 Å². The Balaban J connectivity index is 1.89. The zero-order chi connectivity index (χ0) is 22.3. The van der Waals surface area contributed by atoms with E-state index < -0.39 is 29.7 Å². The Kier molecular flexibility index (Phi) is 7.41. The minimum Gasteiger partial charge on any atom is -0.497 e. The van der Waals surface area contributed by atoms with Gasteiger partial charge in [-0.1, -0.05) is 0 Å². The Morgan fingerprint density at radius 2 is 1.40 bits per heavy atom. The molecule has 0 unspecified atom stereocenters. The average molecular weight is 414 g/mol.